The highest BCUT2D eigenvalue weighted by Crippen LogP contribution is 2.16. The summed E-state index contributed by atoms with van der Waals surface area (Å²) in [6.07, 6.45) is 1.31. The van der Waals surface area contributed by atoms with E-state index in [-0.39, 0.29) is 12.0 Å². The molecule has 1 N–H and O–H groups in total. The third-order valence-electron chi connectivity index (χ3n) is 3.33. The van der Waals surface area contributed by atoms with Gasteiger partial charge in [-0.25, -0.2) is 0 Å². The molecule has 4 nitrogen and oxygen atoms in total. The van der Waals surface area contributed by atoms with E-state index in [2.05, 4.69) is 6.07 Å². The van der Waals surface area contributed by atoms with Crippen molar-refractivity contribution in [1.82, 2.24) is 4.90 Å². The van der Waals surface area contributed by atoms with Crippen molar-refractivity contribution in [2.24, 2.45) is 0 Å². The Kier molecular flexibility index (Phi) is 5.45. The molecule has 0 bridgehead atoms. The average Bonchev–Trinajstić information content (AvgIpc) is 2.48. The fraction of sp³-hybridized carbons (Fsp3) is 0.467. The van der Waals surface area contributed by atoms with Gasteiger partial charge < -0.3 is 10.0 Å². The number of hydrogen-bond donors (Lipinski definition) is 1. The Morgan fingerprint density at radius 3 is 2.85 bits per heavy atom. The van der Waals surface area contributed by atoms with E-state index in [9.17, 15) is 9.90 Å². The lowest BCUT2D eigenvalue weighted by Crippen LogP contribution is -2.43. The molecule has 1 atom stereocenters. The number of aliphatic hydroxyl groups is 1. The Balaban J connectivity index is 1.74. The van der Waals surface area contributed by atoms with Gasteiger partial charge in [-0.2, -0.15) is 5.26 Å². The number of piperidine rings is 1. The summed E-state index contributed by atoms with van der Waals surface area (Å²) in [7, 11) is 0. The molecule has 2 rings (SSSR count). The second-order valence-electron chi connectivity index (χ2n) is 4.94. The molecule has 1 aromatic rings. The molecule has 106 valence electrons. The number of nitriles is 1. The standard InChI is InChI=1S/C15H18N2O2S/c16-8-12-3-5-13(6-4-12)10-20-11-15(19)17-7-1-2-14(18)9-17/h3-6,14,18H,1-2,7,9-11H2. The van der Waals surface area contributed by atoms with E-state index in [1.807, 2.05) is 12.1 Å². The normalized spacial score (nSPS) is 18.6. The van der Waals surface area contributed by atoms with Crippen molar-refractivity contribution in [1.29, 1.82) is 5.26 Å². The molecule has 1 aliphatic rings. The van der Waals surface area contributed by atoms with Crippen molar-refractivity contribution in [2.45, 2.75) is 24.7 Å². The SMILES string of the molecule is N#Cc1ccc(CSCC(=O)N2CCCC(O)C2)cc1. The molecular weight excluding hydrogens is 272 g/mol. The maximum atomic E-state index is 12.0. The van der Waals surface area contributed by atoms with Gasteiger partial charge in [-0.15, -0.1) is 11.8 Å². The maximum Gasteiger partial charge on any atom is 0.232 e. The van der Waals surface area contributed by atoms with Crippen LogP contribution in [0.5, 0.6) is 0 Å². The van der Waals surface area contributed by atoms with Crippen LogP contribution < -0.4 is 0 Å². The van der Waals surface area contributed by atoms with Gasteiger partial charge in [0, 0.05) is 18.8 Å². The number of rotatable bonds is 4. The summed E-state index contributed by atoms with van der Waals surface area (Å²) in [4.78, 5) is 13.7. The molecule has 1 saturated heterocycles. The van der Waals surface area contributed by atoms with Crippen LogP contribution >= 0.6 is 11.8 Å². The van der Waals surface area contributed by atoms with Crippen molar-refractivity contribution < 1.29 is 9.90 Å². The van der Waals surface area contributed by atoms with Gasteiger partial charge in [0.15, 0.2) is 0 Å². The number of β-amino-alcohol motifs (C(OH)–C–C–N with tert-alkyl or cyclic N) is 1. The first-order chi connectivity index (χ1) is 9.69. The van der Waals surface area contributed by atoms with Crippen LogP contribution in [0.15, 0.2) is 24.3 Å². The molecule has 1 fully saturated rings. The summed E-state index contributed by atoms with van der Waals surface area (Å²) in [5.41, 5.74) is 1.76. The van der Waals surface area contributed by atoms with E-state index in [4.69, 9.17) is 5.26 Å². The van der Waals surface area contributed by atoms with Crippen LogP contribution in [0.2, 0.25) is 0 Å². The van der Waals surface area contributed by atoms with Gasteiger partial charge in [0.2, 0.25) is 5.91 Å². The third kappa shape index (κ3) is 4.26. The molecule has 20 heavy (non-hydrogen) atoms. The monoisotopic (exact) mass is 290 g/mol. The molecule has 0 saturated carbocycles. The number of likely N-dealkylation sites (tertiary alicyclic amines) is 1. The number of thioether (sulfide) groups is 1. The smallest absolute Gasteiger partial charge is 0.232 e. The van der Waals surface area contributed by atoms with Crippen molar-refractivity contribution in [2.75, 3.05) is 18.8 Å². The Hall–Kier alpha value is -1.51. The van der Waals surface area contributed by atoms with Gasteiger partial charge in [-0.1, -0.05) is 12.1 Å². The summed E-state index contributed by atoms with van der Waals surface area (Å²) < 4.78 is 0. The first-order valence-electron chi connectivity index (χ1n) is 6.71. The van der Waals surface area contributed by atoms with Crippen LogP contribution in [0, 0.1) is 11.3 Å². The lowest BCUT2D eigenvalue weighted by atomic mass is 10.1. The summed E-state index contributed by atoms with van der Waals surface area (Å²) in [6, 6.07) is 9.50. The maximum absolute atomic E-state index is 12.0. The second-order valence-corrected chi connectivity index (χ2v) is 5.92. The Bertz CT molecular complexity index is 496. The molecule has 0 aliphatic carbocycles. The number of hydrogen-bond acceptors (Lipinski definition) is 4. The Morgan fingerprint density at radius 2 is 2.20 bits per heavy atom. The highest BCUT2D eigenvalue weighted by Gasteiger charge is 2.21. The lowest BCUT2D eigenvalue weighted by Gasteiger charge is -2.30. The van der Waals surface area contributed by atoms with Gasteiger partial charge in [0.05, 0.1) is 23.5 Å². The summed E-state index contributed by atoms with van der Waals surface area (Å²) >= 11 is 1.57. The molecule has 1 amide bonds. The van der Waals surface area contributed by atoms with E-state index in [1.54, 1.807) is 28.8 Å². The van der Waals surface area contributed by atoms with E-state index < -0.39 is 0 Å². The van der Waals surface area contributed by atoms with Crippen LogP contribution in [0.4, 0.5) is 0 Å². The zero-order valence-corrected chi connectivity index (χ0v) is 12.1. The fourth-order valence-electron chi connectivity index (χ4n) is 2.20. The number of carbonyl (C=O) groups is 1. The molecule has 1 aromatic carbocycles. The van der Waals surface area contributed by atoms with Crippen LogP contribution in [-0.2, 0) is 10.5 Å². The topological polar surface area (TPSA) is 64.3 Å². The van der Waals surface area contributed by atoms with Crippen LogP contribution in [-0.4, -0.2) is 40.9 Å². The summed E-state index contributed by atoms with van der Waals surface area (Å²) in [5.74, 6) is 1.29. The molecule has 0 radical (unpaired) electrons. The first kappa shape index (κ1) is 14.9. The van der Waals surface area contributed by atoms with Gasteiger partial charge in [-0.05, 0) is 30.5 Å². The first-order valence-corrected chi connectivity index (χ1v) is 7.87. The third-order valence-corrected chi connectivity index (χ3v) is 4.32. The van der Waals surface area contributed by atoms with Crippen molar-refractivity contribution >= 4 is 17.7 Å². The van der Waals surface area contributed by atoms with Crippen LogP contribution in [0.1, 0.15) is 24.0 Å². The highest BCUT2D eigenvalue weighted by atomic mass is 32.2. The second kappa shape index (κ2) is 7.32. The zero-order chi connectivity index (χ0) is 14.4. The number of carbonyl (C=O) groups excluding carboxylic acids is 1. The number of benzene rings is 1. The minimum Gasteiger partial charge on any atom is -0.391 e. The Labute approximate surface area is 123 Å². The number of amides is 1. The van der Waals surface area contributed by atoms with Crippen LogP contribution in [0.25, 0.3) is 0 Å². The van der Waals surface area contributed by atoms with Gasteiger partial charge in [-0.3, -0.25) is 4.79 Å². The lowest BCUT2D eigenvalue weighted by molar-refractivity contribution is -0.131. The van der Waals surface area contributed by atoms with E-state index in [1.165, 1.54) is 0 Å². The van der Waals surface area contributed by atoms with Crippen molar-refractivity contribution in [3.63, 3.8) is 0 Å². The quantitative estimate of drug-likeness (QED) is 0.918. The zero-order valence-electron chi connectivity index (χ0n) is 11.3. The van der Waals surface area contributed by atoms with E-state index >= 15 is 0 Å². The van der Waals surface area contributed by atoms with Crippen molar-refractivity contribution in [3.05, 3.63) is 35.4 Å². The largest absolute Gasteiger partial charge is 0.391 e. The van der Waals surface area contributed by atoms with E-state index in [0.29, 0.717) is 17.9 Å². The minimum atomic E-state index is -0.365. The summed E-state index contributed by atoms with van der Waals surface area (Å²) in [5, 5.41) is 18.3. The fourth-order valence-corrected chi connectivity index (χ4v) is 3.09. The molecule has 0 spiro atoms. The highest BCUT2D eigenvalue weighted by molar-refractivity contribution is 7.99. The minimum absolute atomic E-state index is 0.0994. The molecule has 1 unspecified atom stereocenters. The molecule has 1 aliphatic heterocycles. The summed E-state index contributed by atoms with van der Waals surface area (Å²) in [6.45, 7) is 1.23. The van der Waals surface area contributed by atoms with Gasteiger partial charge in [0.25, 0.3) is 0 Å². The number of aliphatic hydroxyl groups excluding tert-OH is 1. The van der Waals surface area contributed by atoms with Crippen LogP contribution in [0.3, 0.4) is 0 Å². The predicted octanol–water partition coefficient (Wildman–Crippen LogP) is 1.77. The average molecular weight is 290 g/mol. The van der Waals surface area contributed by atoms with Crippen molar-refractivity contribution in [3.8, 4) is 6.07 Å². The van der Waals surface area contributed by atoms with Gasteiger partial charge in [0.1, 0.15) is 0 Å². The van der Waals surface area contributed by atoms with E-state index in [0.717, 1.165) is 30.7 Å². The molecular formula is C15H18N2O2S. The van der Waals surface area contributed by atoms with Gasteiger partial charge >= 0.3 is 0 Å². The number of nitrogens with zero attached hydrogens (tertiary/aromatic N) is 2. The molecule has 0 aromatic heterocycles. The molecule has 1 heterocycles. The molecule has 5 heteroatoms. The predicted molar refractivity (Wildman–Crippen MR) is 79.1 cm³/mol. The Morgan fingerprint density at radius 1 is 1.45 bits per heavy atom.